The highest BCUT2D eigenvalue weighted by Crippen LogP contribution is 2.26. The Kier molecular flexibility index (Phi) is 5.33. The molecule has 0 amide bonds. The molecule has 0 saturated carbocycles. The third-order valence-corrected chi connectivity index (χ3v) is 5.13. The van der Waals surface area contributed by atoms with Crippen LogP contribution in [-0.4, -0.2) is 50.6 Å². The van der Waals surface area contributed by atoms with Crippen LogP contribution in [0.1, 0.15) is 12.6 Å². The number of aromatic nitrogens is 5. The van der Waals surface area contributed by atoms with Crippen LogP contribution >= 0.6 is 11.6 Å². The first-order valence-corrected chi connectivity index (χ1v) is 9.61. The molecule has 29 heavy (non-hydrogen) atoms. The van der Waals surface area contributed by atoms with Crippen molar-refractivity contribution >= 4 is 17.3 Å². The van der Waals surface area contributed by atoms with E-state index in [1.54, 1.807) is 31.4 Å². The van der Waals surface area contributed by atoms with Gasteiger partial charge in [0.2, 0.25) is 0 Å². The van der Waals surface area contributed by atoms with Gasteiger partial charge in [-0.2, -0.15) is 5.10 Å². The highest BCUT2D eigenvalue weighted by atomic mass is 35.5. The van der Waals surface area contributed by atoms with Crippen molar-refractivity contribution in [1.82, 2.24) is 24.8 Å². The first-order valence-electron chi connectivity index (χ1n) is 9.24. The second-order valence-corrected chi connectivity index (χ2v) is 7.26. The van der Waals surface area contributed by atoms with E-state index in [9.17, 15) is 9.18 Å². The molecule has 1 saturated heterocycles. The summed E-state index contributed by atoms with van der Waals surface area (Å²) in [5.74, 6) is -0.503. The molecule has 152 valence electrons. The summed E-state index contributed by atoms with van der Waals surface area (Å²) >= 11 is 5.84. The van der Waals surface area contributed by atoms with Gasteiger partial charge in [-0.1, -0.05) is 16.8 Å². The normalized spacial score (nSPS) is 14.3. The zero-order valence-electron chi connectivity index (χ0n) is 16.0. The highest BCUT2D eigenvalue weighted by molar-refractivity contribution is 6.30. The zero-order chi connectivity index (χ0) is 20.5. The van der Waals surface area contributed by atoms with Crippen LogP contribution in [0.25, 0.3) is 11.3 Å². The van der Waals surface area contributed by atoms with Crippen LogP contribution in [0.2, 0.25) is 5.02 Å². The molecule has 2 aromatic heterocycles. The summed E-state index contributed by atoms with van der Waals surface area (Å²) in [7, 11) is 1.69. The van der Waals surface area contributed by atoms with E-state index in [1.165, 1.54) is 15.4 Å². The molecule has 8 nitrogen and oxygen atoms in total. The Hall–Kier alpha value is -2.78. The quantitative estimate of drug-likeness (QED) is 0.610. The van der Waals surface area contributed by atoms with Crippen LogP contribution in [0.4, 0.5) is 10.1 Å². The van der Waals surface area contributed by atoms with Crippen molar-refractivity contribution in [1.29, 1.82) is 0 Å². The Morgan fingerprint density at radius 2 is 2.10 bits per heavy atom. The summed E-state index contributed by atoms with van der Waals surface area (Å²) in [6.45, 7) is 4.23. The minimum atomic E-state index is -0.503. The van der Waals surface area contributed by atoms with Crippen LogP contribution < -0.4 is 10.5 Å². The number of nitrogens with zero attached hydrogens (tertiary/aromatic N) is 6. The van der Waals surface area contributed by atoms with Gasteiger partial charge in [0.25, 0.3) is 5.56 Å². The number of halogens is 2. The third kappa shape index (κ3) is 3.88. The fourth-order valence-corrected chi connectivity index (χ4v) is 3.45. The third-order valence-electron chi connectivity index (χ3n) is 4.90. The molecule has 0 unspecified atom stereocenters. The van der Waals surface area contributed by atoms with Crippen LogP contribution in [0, 0.1) is 5.82 Å². The van der Waals surface area contributed by atoms with Crippen LogP contribution in [0.15, 0.2) is 35.3 Å². The lowest BCUT2D eigenvalue weighted by atomic mass is 10.1. The molecule has 0 bridgehead atoms. The number of ether oxygens (including phenoxy) is 1. The van der Waals surface area contributed by atoms with Crippen molar-refractivity contribution < 1.29 is 9.13 Å². The topological polar surface area (TPSA) is 78.1 Å². The fraction of sp³-hybridized carbons (Fsp3) is 0.368. The van der Waals surface area contributed by atoms with Crippen LogP contribution in [0.5, 0.6) is 0 Å². The lowest BCUT2D eigenvalue weighted by Crippen LogP contribution is -2.52. The van der Waals surface area contributed by atoms with Gasteiger partial charge >= 0.3 is 0 Å². The predicted octanol–water partition coefficient (Wildman–Crippen LogP) is 2.10. The molecule has 3 aromatic rings. The van der Waals surface area contributed by atoms with Gasteiger partial charge < -0.3 is 9.64 Å². The Morgan fingerprint density at radius 1 is 1.31 bits per heavy atom. The van der Waals surface area contributed by atoms with Gasteiger partial charge in [-0.3, -0.25) is 4.79 Å². The van der Waals surface area contributed by atoms with E-state index in [4.69, 9.17) is 16.3 Å². The largest absolute Gasteiger partial charge is 0.375 e. The maximum absolute atomic E-state index is 14.4. The molecule has 1 aliphatic heterocycles. The second kappa shape index (κ2) is 7.92. The Labute approximate surface area is 171 Å². The predicted molar refractivity (Wildman–Crippen MR) is 107 cm³/mol. The molecule has 1 aromatic carbocycles. The van der Waals surface area contributed by atoms with E-state index in [2.05, 4.69) is 15.4 Å². The molecule has 0 spiro atoms. The van der Waals surface area contributed by atoms with Gasteiger partial charge in [-0.25, -0.2) is 13.8 Å². The summed E-state index contributed by atoms with van der Waals surface area (Å²) in [5.41, 5.74) is 1.68. The van der Waals surface area contributed by atoms with Crippen LogP contribution in [0.3, 0.4) is 0 Å². The molecular formula is C19H20ClFN6O2. The lowest BCUT2D eigenvalue weighted by molar-refractivity contribution is 0.0430. The van der Waals surface area contributed by atoms with Crippen molar-refractivity contribution in [2.75, 3.05) is 24.6 Å². The SMILES string of the molecule is CCOC1CN(c2cnn(Cc3c(-c4ccc(Cl)cc4F)nnn3C)c(=O)c2)C1. The van der Waals surface area contributed by atoms with E-state index < -0.39 is 5.82 Å². The van der Waals surface area contributed by atoms with E-state index in [0.717, 1.165) is 18.8 Å². The maximum Gasteiger partial charge on any atom is 0.269 e. The Bertz CT molecular complexity index is 1090. The Morgan fingerprint density at radius 3 is 2.79 bits per heavy atom. The van der Waals surface area contributed by atoms with Gasteiger partial charge in [-0.05, 0) is 25.1 Å². The van der Waals surface area contributed by atoms with Crippen molar-refractivity contribution in [2.24, 2.45) is 7.05 Å². The molecule has 10 heteroatoms. The second-order valence-electron chi connectivity index (χ2n) is 6.82. The highest BCUT2D eigenvalue weighted by Gasteiger charge is 2.28. The smallest absolute Gasteiger partial charge is 0.269 e. The van der Waals surface area contributed by atoms with Crippen molar-refractivity contribution in [3.63, 3.8) is 0 Å². The monoisotopic (exact) mass is 418 g/mol. The number of rotatable bonds is 6. The van der Waals surface area contributed by atoms with Crippen molar-refractivity contribution in [3.05, 3.63) is 57.3 Å². The molecule has 4 rings (SSSR count). The van der Waals surface area contributed by atoms with Gasteiger partial charge in [0, 0.05) is 43.4 Å². The number of hydrogen-bond acceptors (Lipinski definition) is 6. The first kappa shape index (κ1) is 19.5. The van der Waals surface area contributed by atoms with E-state index in [1.807, 2.05) is 11.8 Å². The molecule has 1 fully saturated rings. The number of benzene rings is 1. The van der Waals surface area contributed by atoms with E-state index in [0.29, 0.717) is 23.0 Å². The zero-order valence-corrected chi connectivity index (χ0v) is 16.8. The number of aryl methyl sites for hydroxylation is 1. The Balaban J connectivity index is 1.57. The van der Waals surface area contributed by atoms with Crippen LogP contribution in [-0.2, 0) is 18.3 Å². The first-order chi connectivity index (χ1) is 14.0. The van der Waals surface area contributed by atoms with E-state index >= 15 is 0 Å². The van der Waals surface area contributed by atoms with Crippen molar-refractivity contribution in [3.8, 4) is 11.3 Å². The summed E-state index contributed by atoms with van der Waals surface area (Å²) in [4.78, 5) is 14.6. The summed E-state index contributed by atoms with van der Waals surface area (Å²) < 4.78 is 22.7. The average molecular weight is 419 g/mol. The summed E-state index contributed by atoms with van der Waals surface area (Å²) in [6.07, 6.45) is 1.84. The van der Waals surface area contributed by atoms with E-state index in [-0.39, 0.29) is 23.8 Å². The van der Waals surface area contributed by atoms with Crippen molar-refractivity contribution in [2.45, 2.75) is 19.6 Å². The molecule has 0 N–H and O–H groups in total. The molecule has 0 aliphatic carbocycles. The standard InChI is InChI=1S/C19H20ClFN6O2/c1-3-29-14-9-26(10-14)13-7-18(28)27(22-8-13)11-17-19(23-24-25(17)2)15-5-4-12(20)6-16(15)21/h4-8,14H,3,9-11H2,1-2H3. The molecule has 1 aliphatic rings. The molecule has 0 atom stereocenters. The molecular weight excluding hydrogens is 399 g/mol. The lowest BCUT2D eigenvalue weighted by Gasteiger charge is -2.40. The molecule has 3 heterocycles. The molecule has 0 radical (unpaired) electrons. The van der Waals surface area contributed by atoms with Gasteiger partial charge in [-0.15, -0.1) is 5.10 Å². The van der Waals surface area contributed by atoms with Gasteiger partial charge in [0.15, 0.2) is 0 Å². The fourth-order valence-electron chi connectivity index (χ4n) is 3.29. The summed E-state index contributed by atoms with van der Waals surface area (Å²) in [5, 5.41) is 12.6. The number of hydrogen-bond donors (Lipinski definition) is 0. The summed E-state index contributed by atoms with van der Waals surface area (Å²) in [6, 6.07) is 5.89. The maximum atomic E-state index is 14.4. The van der Waals surface area contributed by atoms with Gasteiger partial charge in [0.1, 0.15) is 11.5 Å². The van der Waals surface area contributed by atoms with Gasteiger partial charge in [0.05, 0.1) is 30.2 Å². The number of anilines is 1. The average Bonchev–Trinajstić information content (AvgIpc) is 3.00. The minimum absolute atomic E-state index is 0.113. The minimum Gasteiger partial charge on any atom is -0.375 e.